The van der Waals surface area contributed by atoms with Crippen LogP contribution in [0.5, 0.6) is 0 Å². The number of pyridine rings is 1. The van der Waals surface area contributed by atoms with Gasteiger partial charge in [0, 0.05) is 12.2 Å². The maximum absolute atomic E-state index is 12.1. The smallest absolute Gasteiger partial charge is 0.274 e. The van der Waals surface area contributed by atoms with E-state index in [1.165, 1.54) is 0 Å². The van der Waals surface area contributed by atoms with Crippen LogP contribution in [0.4, 0.5) is 11.4 Å². The van der Waals surface area contributed by atoms with E-state index in [0.717, 1.165) is 16.9 Å². The van der Waals surface area contributed by atoms with Crippen molar-refractivity contribution in [2.45, 2.75) is 6.92 Å². The first kappa shape index (κ1) is 13.8. The highest BCUT2D eigenvalue weighted by molar-refractivity contribution is 6.03. The predicted molar refractivity (Wildman–Crippen MR) is 82.1 cm³/mol. The predicted octanol–water partition coefficient (Wildman–Crippen LogP) is 3.24. The zero-order valence-electron chi connectivity index (χ0n) is 11.4. The first-order valence-electron chi connectivity index (χ1n) is 6.38. The Bertz CT molecular complexity index is 605. The Morgan fingerprint density at radius 3 is 2.75 bits per heavy atom. The number of rotatable bonds is 5. The number of carbonyl (C=O) groups is 1. The standard InChI is InChI=1S/C16H17N3O/c1-3-10-17-13-8-9-15(18-11-13)16(20)19-14-7-5-4-6-12(14)2/h3-9,11,17H,1,10H2,2H3,(H,19,20). The molecule has 0 unspecified atom stereocenters. The first-order valence-corrected chi connectivity index (χ1v) is 6.38. The summed E-state index contributed by atoms with van der Waals surface area (Å²) in [4.78, 5) is 16.2. The number of aryl methyl sites for hydroxylation is 1. The molecule has 0 radical (unpaired) electrons. The lowest BCUT2D eigenvalue weighted by atomic mass is 10.2. The molecular formula is C16H17N3O. The summed E-state index contributed by atoms with van der Waals surface area (Å²) in [6.45, 7) is 6.24. The van der Waals surface area contributed by atoms with E-state index in [-0.39, 0.29) is 5.91 Å². The number of aromatic nitrogens is 1. The average Bonchev–Trinajstić information content (AvgIpc) is 2.48. The number of nitrogens with zero attached hydrogens (tertiary/aromatic N) is 1. The highest BCUT2D eigenvalue weighted by Crippen LogP contribution is 2.14. The quantitative estimate of drug-likeness (QED) is 0.818. The molecule has 102 valence electrons. The Morgan fingerprint density at radius 2 is 2.10 bits per heavy atom. The minimum atomic E-state index is -0.213. The third-order valence-corrected chi connectivity index (χ3v) is 2.84. The molecule has 1 amide bonds. The third-order valence-electron chi connectivity index (χ3n) is 2.84. The molecule has 0 saturated heterocycles. The maximum atomic E-state index is 12.1. The molecule has 4 heteroatoms. The molecule has 20 heavy (non-hydrogen) atoms. The highest BCUT2D eigenvalue weighted by Gasteiger charge is 2.08. The SMILES string of the molecule is C=CCNc1ccc(C(=O)Nc2ccccc2C)nc1. The number of carbonyl (C=O) groups excluding carboxylic acids is 1. The van der Waals surface area contributed by atoms with Gasteiger partial charge in [0.05, 0.1) is 11.9 Å². The fourth-order valence-electron chi connectivity index (χ4n) is 1.72. The van der Waals surface area contributed by atoms with Gasteiger partial charge < -0.3 is 10.6 Å². The number of benzene rings is 1. The number of hydrogen-bond donors (Lipinski definition) is 2. The zero-order valence-corrected chi connectivity index (χ0v) is 11.4. The van der Waals surface area contributed by atoms with Crippen molar-refractivity contribution >= 4 is 17.3 Å². The molecule has 2 rings (SSSR count). The molecule has 1 aromatic heterocycles. The van der Waals surface area contributed by atoms with Crippen molar-refractivity contribution in [1.29, 1.82) is 0 Å². The molecule has 0 atom stereocenters. The van der Waals surface area contributed by atoms with Crippen LogP contribution in [0.3, 0.4) is 0 Å². The molecule has 0 aliphatic carbocycles. The Morgan fingerprint density at radius 1 is 1.30 bits per heavy atom. The molecule has 0 saturated carbocycles. The Balaban J connectivity index is 2.06. The summed E-state index contributed by atoms with van der Waals surface area (Å²) in [5.41, 5.74) is 3.06. The van der Waals surface area contributed by atoms with Crippen molar-refractivity contribution in [2.75, 3.05) is 17.2 Å². The summed E-state index contributed by atoms with van der Waals surface area (Å²) >= 11 is 0. The van der Waals surface area contributed by atoms with Crippen molar-refractivity contribution < 1.29 is 4.79 Å². The highest BCUT2D eigenvalue weighted by atomic mass is 16.1. The van der Waals surface area contributed by atoms with Crippen LogP contribution in [0.2, 0.25) is 0 Å². The van der Waals surface area contributed by atoms with Gasteiger partial charge in [-0.05, 0) is 30.7 Å². The van der Waals surface area contributed by atoms with E-state index in [9.17, 15) is 4.79 Å². The number of amides is 1. The van der Waals surface area contributed by atoms with E-state index < -0.39 is 0 Å². The molecule has 0 spiro atoms. The number of para-hydroxylation sites is 1. The van der Waals surface area contributed by atoms with E-state index in [4.69, 9.17) is 0 Å². The van der Waals surface area contributed by atoms with Gasteiger partial charge >= 0.3 is 0 Å². The van der Waals surface area contributed by atoms with Crippen LogP contribution >= 0.6 is 0 Å². The van der Waals surface area contributed by atoms with Crippen molar-refractivity contribution in [3.05, 3.63) is 66.5 Å². The maximum Gasteiger partial charge on any atom is 0.274 e. The van der Waals surface area contributed by atoms with Gasteiger partial charge in [0.2, 0.25) is 0 Å². The van der Waals surface area contributed by atoms with Crippen molar-refractivity contribution in [2.24, 2.45) is 0 Å². The summed E-state index contributed by atoms with van der Waals surface area (Å²) < 4.78 is 0. The van der Waals surface area contributed by atoms with Crippen molar-refractivity contribution in [3.63, 3.8) is 0 Å². The molecule has 1 aromatic carbocycles. The Hall–Kier alpha value is -2.62. The average molecular weight is 267 g/mol. The minimum Gasteiger partial charge on any atom is -0.380 e. The monoisotopic (exact) mass is 267 g/mol. The zero-order chi connectivity index (χ0) is 14.4. The lowest BCUT2D eigenvalue weighted by molar-refractivity contribution is 0.102. The molecule has 2 aromatic rings. The topological polar surface area (TPSA) is 54.0 Å². The van der Waals surface area contributed by atoms with Crippen LogP contribution in [0.15, 0.2) is 55.3 Å². The molecule has 0 fully saturated rings. The third kappa shape index (κ3) is 3.45. The number of hydrogen-bond acceptors (Lipinski definition) is 3. The summed E-state index contributed by atoms with van der Waals surface area (Å²) in [5, 5.41) is 5.96. The van der Waals surface area contributed by atoms with Crippen LogP contribution in [0.25, 0.3) is 0 Å². The fourth-order valence-corrected chi connectivity index (χ4v) is 1.72. The van der Waals surface area contributed by atoms with Crippen LogP contribution in [-0.2, 0) is 0 Å². The van der Waals surface area contributed by atoms with Gasteiger partial charge in [-0.1, -0.05) is 24.3 Å². The molecular weight excluding hydrogens is 250 g/mol. The summed E-state index contributed by atoms with van der Waals surface area (Å²) in [6.07, 6.45) is 3.40. The van der Waals surface area contributed by atoms with Gasteiger partial charge in [0.15, 0.2) is 0 Å². The largest absolute Gasteiger partial charge is 0.380 e. The molecule has 2 N–H and O–H groups in total. The fraction of sp³-hybridized carbons (Fsp3) is 0.125. The summed E-state index contributed by atoms with van der Waals surface area (Å²) in [7, 11) is 0. The normalized spacial score (nSPS) is 9.85. The second-order valence-electron chi connectivity index (χ2n) is 4.37. The van der Waals surface area contributed by atoms with Crippen LogP contribution in [-0.4, -0.2) is 17.4 Å². The molecule has 4 nitrogen and oxygen atoms in total. The van der Waals surface area contributed by atoms with Gasteiger partial charge in [-0.2, -0.15) is 0 Å². The lowest BCUT2D eigenvalue weighted by Crippen LogP contribution is -2.14. The van der Waals surface area contributed by atoms with E-state index >= 15 is 0 Å². The van der Waals surface area contributed by atoms with Gasteiger partial charge in [-0.3, -0.25) is 4.79 Å². The lowest BCUT2D eigenvalue weighted by Gasteiger charge is -2.08. The minimum absolute atomic E-state index is 0.213. The van der Waals surface area contributed by atoms with Gasteiger partial charge in [-0.25, -0.2) is 4.98 Å². The van der Waals surface area contributed by atoms with Gasteiger partial charge in [0.25, 0.3) is 5.91 Å². The molecule has 0 aliphatic heterocycles. The van der Waals surface area contributed by atoms with E-state index in [0.29, 0.717) is 12.2 Å². The second-order valence-corrected chi connectivity index (χ2v) is 4.37. The first-order chi connectivity index (χ1) is 9.70. The Kier molecular flexibility index (Phi) is 4.50. The van der Waals surface area contributed by atoms with Crippen molar-refractivity contribution in [3.8, 4) is 0 Å². The number of anilines is 2. The van der Waals surface area contributed by atoms with Crippen LogP contribution < -0.4 is 10.6 Å². The van der Waals surface area contributed by atoms with Crippen molar-refractivity contribution in [1.82, 2.24) is 4.98 Å². The Labute approximate surface area is 118 Å². The van der Waals surface area contributed by atoms with E-state index in [1.54, 1.807) is 18.3 Å². The van der Waals surface area contributed by atoms with Crippen LogP contribution in [0.1, 0.15) is 16.1 Å². The molecule has 0 aliphatic rings. The van der Waals surface area contributed by atoms with E-state index in [2.05, 4.69) is 22.2 Å². The van der Waals surface area contributed by atoms with Crippen LogP contribution in [0, 0.1) is 6.92 Å². The second kappa shape index (κ2) is 6.52. The summed E-state index contributed by atoms with van der Waals surface area (Å²) in [5.74, 6) is -0.213. The molecule has 1 heterocycles. The van der Waals surface area contributed by atoms with Gasteiger partial charge in [0.1, 0.15) is 5.69 Å². The van der Waals surface area contributed by atoms with E-state index in [1.807, 2.05) is 37.3 Å². The summed E-state index contributed by atoms with van der Waals surface area (Å²) in [6, 6.07) is 11.2. The molecule has 0 bridgehead atoms. The van der Waals surface area contributed by atoms with Gasteiger partial charge in [-0.15, -0.1) is 6.58 Å². The number of nitrogens with one attached hydrogen (secondary N) is 2.